The fourth-order valence-corrected chi connectivity index (χ4v) is 0.828. The second-order valence-electron chi connectivity index (χ2n) is 2.13. The van der Waals surface area contributed by atoms with Crippen LogP contribution in [0.15, 0.2) is 0 Å². The van der Waals surface area contributed by atoms with E-state index >= 15 is 0 Å². The zero-order valence-corrected chi connectivity index (χ0v) is 7.12. The lowest BCUT2D eigenvalue weighted by molar-refractivity contribution is 0.000433. The monoisotopic (exact) mass is 189 g/mol. The van der Waals surface area contributed by atoms with Gasteiger partial charge in [-0.3, -0.25) is 0 Å². The first-order chi connectivity index (χ1) is 3.80. The van der Waals surface area contributed by atoms with Crippen molar-refractivity contribution in [2.24, 2.45) is 0 Å². The molecule has 1 aliphatic rings. The Kier molecular flexibility index (Phi) is 8.09. The maximum absolute atomic E-state index is 8.89. The first kappa shape index (κ1) is 13.1. The minimum Gasteiger partial charge on any atom is -0.390 e. The summed E-state index contributed by atoms with van der Waals surface area (Å²) < 4.78 is 0. The molecule has 0 amide bonds. The maximum atomic E-state index is 8.89. The predicted molar refractivity (Wildman–Crippen MR) is 44.0 cm³/mol. The Balaban J connectivity index is 0. The number of nitrogens with one attached hydrogen (secondary N) is 1. The molecule has 0 aromatic heterocycles. The standard InChI is InChI=1S/C5H11NO2.2ClH/c7-4-1-2-6-3-5(4)8;;/h4-8H,1-3H2;2*1H. The molecule has 0 spiro atoms. The van der Waals surface area contributed by atoms with Crippen LogP contribution in [0.1, 0.15) is 6.42 Å². The molecular weight excluding hydrogens is 177 g/mol. The van der Waals surface area contributed by atoms with Gasteiger partial charge in [-0.05, 0) is 13.0 Å². The van der Waals surface area contributed by atoms with E-state index in [1.54, 1.807) is 0 Å². The quantitative estimate of drug-likeness (QED) is 0.484. The van der Waals surface area contributed by atoms with Crippen molar-refractivity contribution >= 4 is 24.8 Å². The van der Waals surface area contributed by atoms with Gasteiger partial charge in [-0.25, -0.2) is 0 Å². The van der Waals surface area contributed by atoms with Crippen LogP contribution in [-0.4, -0.2) is 35.5 Å². The molecule has 64 valence electrons. The molecule has 0 aromatic carbocycles. The first-order valence-electron chi connectivity index (χ1n) is 2.87. The average molecular weight is 190 g/mol. The summed E-state index contributed by atoms with van der Waals surface area (Å²) >= 11 is 0. The van der Waals surface area contributed by atoms with E-state index in [4.69, 9.17) is 10.2 Å². The topological polar surface area (TPSA) is 52.5 Å². The molecule has 2 atom stereocenters. The van der Waals surface area contributed by atoms with Crippen LogP contribution in [0.25, 0.3) is 0 Å². The molecule has 0 aliphatic carbocycles. The highest BCUT2D eigenvalue weighted by molar-refractivity contribution is 5.85. The zero-order valence-electron chi connectivity index (χ0n) is 5.49. The van der Waals surface area contributed by atoms with Crippen molar-refractivity contribution in [3.63, 3.8) is 0 Å². The molecule has 0 radical (unpaired) electrons. The Morgan fingerprint density at radius 2 is 1.70 bits per heavy atom. The molecule has 2 unspecified atom stereocenters. The van der Waals surface area contributed by atoms with Gasteiger partial charge in [-0.2, -0.15) is 0 Å². The van der Waals surface area contributed by atoms with Gasteiger partial charge in [0.15, 0.2) is 0 Å². The predicted octanol–water partition coefficient (Wildman–Crippen LogP) is -0.455. The van der Waals surface area contributed by atoms with Crippen LogP contribution in [0.3, 0.4) is 0 Å². The number of aliphatic hydroxyl groups is 2. The van der Waals surface area contributed by atoms with Crippen LogP contribution < -0.4 is 5.32 Å². The van der Waals surface area contributed by atoms with Gasteiger partial charge in [0.1, 0.15) is 0 Å². The fourth-order valence-electron chi connectivity index (χ4n) is 0.828. The van der Waals surface area contributed by atoms with Gasteiger partial charge in [0.25, 0.3) is 0 Å². The largest absolute Gasteiger partial charge is 0.390 e. The molecule has 0 bridgehead atoms. The van der Waals surface area contributed by atoms with E-state index in [1.807, 2.05) is 0 Å². The van der Waals surface area contributed by atoms with Crippen molar-refractivity contribution in [3.05, 3.63) is 0 Å². The van der Waals surface area contributed by atoms with Gasteiger partial charge in [0.2, 0.25) is 0 Å². The van der Waals surface area contributed by atoms with Gasteiger partial charge >= 0.3 is 0 Å². The molecule has 0 aromatic rings. The van der Waals surface area contributed by atoms with Crippen molar-refractivity contribution in [2.45, 2.75) is 18.6 Å². The maximum Gasteiger partial charge on any atom is 0.0923 e. The summed E-state index contributed by atoms with van der Waals surface area (Å²) in [7, 11) is 0. The van der Waals surface area contributed by atoms with Crippen LogP contribution in [0.5, 0.6) is 0 Å². The number of hydrogen-bond donors (Lipinski definition) is 3. The Morgan fingerprint density at radius 3 is 2.00 bits per heavy atom. The Labute approximate surface area is 72.6 Å². The van der Waals surface area contributed by atoms with Crippen molar-refractivity contribution in [1.29, 1.82) is 0 Å². The highest BCUT2D eigenvalue weighted by Gasteiger charge is 2.18. The molecule has 1 aliphatic heterocycles. The molecule has 1 rings (SSSR count). The zero-order chi connectivity index (χ0) is 5.98. The van der Waals surface area contributed by atoms with Gasteiger partial charge < -0.3 is 15.5 Å². The molecule has 1 fully saturated rings. The van der Waals surface area contributed by atoms with Crippen LogP contribution in [0.4, 0.5) is 0 Å². The molecule has 10 heavy (non-hydrogen) atoms. The molecule has 0 saturated carbocycles. The van der Waals surface area contributed by atoms with Crippen molar-refractivity contribution in [3.8, 4) is 0 Å². The van der Waals surface area contributed by atoms with E-state index in [9.17, 15) is 0 Å². The van der Waals surface area contributed by atoms with E-state index < -0.39 is 12.2 Å². The number of β-amino-alcohol motifs (C(OH)–C–C–N with tert-alkyl or cyclic N) is 1. The third-order valence-corrected chi connectivity index (χ3v) is 1.41. The van der Waals surface area contributed by atoms with Crippen molar-refractivity contribution in [1.82, 2.24) is 5.32 Å². The fraction of sp³-hybridized carbons (Fsp3) is 1.00. The lowest BCUT2D eigenvalue weighted by atomic mass is 10.1. The third-order valence-electron chi connectivity index (χ3n) is 1.41. The minimum atomic E-state index is -0.552. The van der Waals surface area contributed by atoms with E-state index in [-0.39, 0.29) is 24.8 Å². The van der Waals surface area contributed by atoms with Crippen LogP contribution in [0.2, 0.25) is 0 Å². The Hall–Kier alpha value is 0.460. The number of piperidine rings is 1. The van der Waals surface area contributed by atoms with E-state index in [0.717, 1.165) is 6.54 Å². The second kappa shape index (κ2) is 6.19. The van der Waals surface area contributed by atoms with Crippen LogP contribution in [-0.2, 0) is 0 Å². The van der Waals surface area contributed by atoms with Gasteiger partial charge in [-0.1, -0.05) is 0 Å². The highest BCUT2D eigenvalue weighted by atomic mass is 35.5. The van der Waals surface area contributed by atoms with E-state index in [1.165, 1.54) is 0 Å². The molecule has 1 heterocycles. The van der Waals surface area contributed by atoms with Crippen molar-refractivity contribution in [2.75, 3.05) is 13.1 Å². The van der Waals surface area contributed by atoms with Gasteiger partial charge in [0.05, 0.1) is 12.2 Å². The summed E-state index contributed by atoms with van der Waals surface area (Å²) in [5.41, 5.74) is 0. The number of rotatable bonds is 0. The minimum absolute atomic E-state index is 0. The lowest BCUT2D eigenvalue weighted by Crippen LogP contribution is -2.43. The normalized spacial score (nSPS) is 31.8. The number of halogens is 2. The molecule has 1 saturated heterocycles. The molecule has 5 heteroatoms. The molecular formula is C5H13Cl2NO2. The molecule has 3 nitrogen and oxygen atoms in total. The summed E-state index contributed by atoms with van der Waals surface area (Å²) in [6.45, 7) is 1.35. The lowest BCUT2D eigenvalue weighted by Gasteiger charge is -2.23. The second-order valence-corrected chi connectivity index (χ2v) is 2.13. The van der Waals surface area contributed by atoms with Crippen molar-refractivity contribution < 1.29 is 10.2 Å². The average Bonchev–Trinajstić information content (AvgIpc) is 1.77. The van der Waals surface area contributed by atoms with Crippen LogP contribution in [0, 0.1) is 0 Å². The highest BCUT2D eigenvalue weighted by Crippen LogP contribution is 2.01. The van der Waals surface area contributed by atoms with Gasteiger partial charge in [0, 0.05) is 6.54 Å². The van der Waals surface area contributed by atoms with Crippen LogP contribution >= 0.6 is 24.8 Å². The number of aliphatic hydroxyl groups excluding tert-OH is 2. The SMILES string of the molecule is Cl.Cl.OC1CCNCC1O. The summed E-state index contributed by atoms with van der Waals surface area (Å²) in [5, 5.41) is 20.7. The van der Waals surface area contributed by atoms with Gasteiger partial charge in [-0.15, -0.1) is 24.8 Å². The smallest absolute Gasteiger partial charge is 0.0923 e. The van der Waals surface area contributed by atoms with E-state index in [2.05, 4.69) is 5.32 Å². The first-order valence-corrected chi connectivity index (χ1v) is 2.87. The summed E-state index contributed by atoms with van der Waals surface area (Å²) in [6, 6.07) is 0. The summed E-state index contributed by atoms with van der Waals surface area (Å²) in [5.74, 6) is 0. The number of hydrogen-bond acceptors (Lipinski definition) is 3. The van der Waals surface area contributed by atoms with E-state index in [0.29, 0.717) is 13.0 Å². The summed E-state index contributed by atoms with van der Waals surface area (Å²) in [4.78, 5) is 0. The third kappa shape index (κ3) is 3.58. The Bertz CT molecular complexity index is 74.0. The molecule has 3 N–H and O–H groups in total. The Morgan fingerprint density at radius 1 is 1.10 bits per heavy atom. The summed E-state index contributed by atoms with van der Waals surface area (Å²) in [6.07, 6.45) is -0.388.